The zero-order chi connectivity index (χ0) is 21.5. The van der Waals surface area contributed by atoms with Crippen molar-refractivity contribution in [3.05, 3.63) is 77.4 Å². The van der Waals surface area contributed by atoms with E-state index in [0.717, 1.165) is 77.6 Å². The third kappa shape index (κ3) is 5.20. The predicted octanol–water partition coefficient (Wildman–Crippen LogP) is 4.67. The Morgan fingerprint density at radius 2 is 1.90 bits per heavy atom. The summed E-state index contributed by atoms with van der Waals surface area (Å²) in [6.45, 7) is 2.52. The summed E-state index contributed by atoms with van der Waals surface area (Å²) in [5.74, 6) is 0.728. The van der Waals surface area contributed by atoms with Crippen molar-refractivity contribution in [2.75, 3.05) is 13.7 Å². The highest BCUT2D eigenvalue weighted by molar-refractivity contribution is 6.01. The number of fused-ring (bicyclic) bond motifs is 1. The average Bonchev–Trinajstić information content (AvgIpc) is 2.84. The second-order valence-electron chi connectivity index (χ2n) is 7.58. The molecule has 4 rings (SSSR count). The van der Waals surface area contributed by atoms with Gasteiger partial charge in [-0.1, -0.05) is 41.6 Å². The summed E-state index contributed by atoms with van der Waals surface area (Å²) in [5, 5.41) is 4.44. The Labute approximate surface area is 183 Å². The molecule has 6 nitrogen and oxygen atoms in total. The number of nitrogens with zero attached hydrogens (tertiary/aromatic N) is 5. The summed E-state index contributed by atoms with van der Waals surface area (Å²) in [4.78, 5) is 23.9. The Bertz CT molecular complexity index is 1090. The summed E-state index contributed by atoms with van der Waals surface area (Å²) in [7, 11) is 1.79. The molecule has 3 aromatic rings. The molecule has 0 saturated carbocycles. The minimum Gasteiger partial charge on any atom is -0.396 e. The third-order valence-electron chi connectivity index (χ3n) is 5.39. The van der Waals surface area contributed by atoms with Gasteiger partial charge in [0.25, 0.3) is 0 Å². The third-order valence-corrected chi connectivity index (χ3v) is 5.39. The SMILES string of the molecule is CN=C(C)c1cccc(CCCON=C2CCCc3cnc(-c4ccccc4)nc32)n1. The van der Waals surface area contributed by atoms with Crippen molar-refractivity contribution in [2.24, 2.45) is 10.1 Å². The van der Waals surface area contributed by atoms with E-state index in [-0.39, 0.29) is 0 Å². The highest BCUT2D eigenvalue weighted by Crippen LogP contribution is 2.23. The maximum absolute atomic E-state index is 5.67. The number of aryl methyl sites for hydroxylation is 2. The first-order chi connectivity index (χ1) is 15.2. The quantitative estimate of drug-likeness (QED) is 0.321. The maximum atomic E-state index is 5.67. The van der Waals surface area contributed by atoms with E-state index in [4.69, 9.17) is 9.82 Å². The van der Waals surface area contributed by atoms with Crippen LogP contribution in [-0.4, -0.2) is 40.0 Å². The summed E-state index contributed by atoms with van der Waals surface area (Å²) in [6, 6.07) is 16.1. The normalized spacial score (nSPS) is 15.0. The van der Waals surface area contributed by atoms with E-state index in [2.05, 4.69) is 20.1 Å². The molecule has 158 valence electrons. The van der Waals surface area contributed by atoms with Crippen LogP contribution in [0, 0.1) is 0 Å². The van der Waals surface area contributed by atoms with Crippen molar-refractivity contribution in [3.8, 4) is 11.4 Å². The number of benzene rings is 1. The van der Waals surface area contributed by atoms with Crippen LogP contribution < -0.4 is 0 Å². The van der Waals surface area contributed by atoms with Gasteiger partial charge in [0.15, 0.2) is 5.82 Å². The number of pyridine rings is 1. The van der Waals surface area contributed by atoms with Crippen molar-refractivity contribution in [3.63, 3.8) is 0 Å². The standard InChI is InChI=1S/C25H27N5O/c1-18(26-2)22-14-7-12-21(28-22)13-8-16-31-30-23-15-6-11-20-17-27-25(29-24(20)23)19-9-4-3-5-10-19/h3-5,7,9-10,12,14,17H,6,8,11,13,15-16H2,1-2H3. The molecule has 0 bridgehead atoms. The number of aromatic nitrogens is 3. The molecule has 6 heteroatoms. The van der Waals surface area contributed by atoms with Gasteiger partial charge in [0, 0.05) is 24.5 Å². The zero-order valence-electron chi connectivity index (χ0n) is 18.1. The van der Waals surface area contributed by atoms with E-state index in [1.807, 2.05) is 61.7 Å². The molecule has 1 aromatic carbocycles. The summed E-state index contributed by atoms with van der Waals surface area (Å²) in [5.41, 5.74) is 6.89. The van der Waals surface area contributed by atoms with Gasteiger partial charge in [0.2, 0.25) is 0 Å². The summed E-state index contributed by atoms with van der Waals surface area (Å²) in [6.07, 6.45) is 6.51. The van der Waals surface area contributed by atoms with Crippen LogP contribution in [-0.2, 0) is 17.7 Å². The summed E-state index contributed by atoms with van der Waals surface area (Å²) >= 11 is 0. The first kappa shape index (κ1) is 20.8. The molecule has 0 fully saturated rings. The average molecular weight is 414 g/mol. The number of aliphatic imine (C=N–C) groups is 1. The first-order valence-corrected chi connectivity index (χ1v) is 10.7. The minimum absolute atomic E-state index is 0.544. The van der Waals surface area contributed by atoms with Crippen LogP contribution in [0.15, 0.2) is 64.9 Å². The second kappa shape index (κ2) is 10.1. The van der Waals surface area contributed by atoms with E-state index in [0.29, 0.717) is 6.61 Å². The zero-order valence-corrected chi connectivity index (χ0v) is 18.1. The largest absolute Gasteiger partial charge is 0.396 e. The molecule has 2 aromatic heterocycles. The van der Waals surface area contributed by atoms with Gasteiger partial charge in [-0.05, 0) is 56.7 Å². The van der Waals surface area contributed by atoms with Crippen LogP contribution in [0.25, 0.3) is 11.4 Å². The second-order valence-corrected chi connectivity index (χ2v) is 7.58. The molecule has 0 unspecified atom stereocenters. The Morgan fingerprint density at radius 1 is 1.03 bits per heavy atom. The highest BCUT2D eigenvalue weighted by atomic mass is 16.6. The van der Waals surface area contributed by atoms with Gasteiger partial charge < -0.3 is 4.84 Å². The predicted molar refractivity (Wildman–Crippen MR) is 124 cm³/mol. The Morgan fingerprint density at radius 3 is 2.74 bits per heavy atom. The lowest BCUT2D eigenvalue weighted by atomic mass is 9.95. The molecule has 2 heterocycles. The van der Waals surface area contributed by atoms with Crippen LogP contribution in [0.3, 0.4) is 0 Å². The summed E-state index contributed by atoms with van der Waals surface area (Å²) < 4.78 is 0. The van der Waals surface area contributed by atoms with Gasteiger partial charge in [-0.25, -0.2) is 9.97 Å². The Hall–Kier alpha value is -3.41. The van der Waals surface area contributed by atoms with Crippen LogP contribution in [0.1, 0.15) is 48.8 Å². The Balaban J connectivity index is 1.38. The molecule has 0 saturated heterocycles. The van der Waals surface area contributed by atoms with Crippen molar-refractivity contribution in [2.45, 2.75) is 39.0 Å². The molecule has 0 N–H and O–H groups in total. The molecule has 1 aliphatic carbocycles. The number of rotatable bonds is 7. The van der Waals surface area contributed by atoms with Crippen LogP contribution in [0.5, 0.6) is 0 Å². The van der Waals surface area contributed by atoms with Gasteiger partial charge in [0.1, 0.15) is 12.3 Å². The van der Waals surface area contributed by atoms with Crippen LogP contribution >= 0.6 is 0 Å². The van der Waals surface area contributed by atoms with Gasteiger partial charge in [-0.2, -0.15) is 0 Å². The lowest BCUT2D eigenvalue weighted by Crippen LogP contribution is -2.16. The molecular formula is C25H27N5O. The minimum atomic E-state index is 0.544. The van der Waals surface area contributed by atoms with Crippen molar-refractivity contribution in [1.29, 1.82) is 0 Å². The fourth-order valence-electron chi connectivity index (χ4n) is 3.60. The van der Waals surface area contributed by atoms with Gasteiger partial charge in [-0.3, -0.25) is 9.98 Å². The topological polar surface area (TPSA) is 72.6 Å². The lowest BCUT2D eigenvalue weighted by molar-refractivity contribution is 0.141. The van der Waals surface area contributed by atoms with Gasteiger partial charge >= 0.3 is 0 Å². The van der Waals surface area contributed by atoms with Crippen LogP contribution in [0.4, 0.5) is 0 Å². The molecule has 0 aliphatic heterocycles. The van der Waals surface area contributed by atoms with E-state index in [1.165, 1.54) is 0 Å². The number of hydrogen-bond donors (Lipinski definition) is 0. The molecule has 31 heavy (non-hydrogen) atoms. The Kier molecular flexibility index (Phi) is 6.77. The first-order valence-electron chi connectivity index (χ1n) is 10.7. The van der Waals surface area contributed by atoms with E-state index in [9.17, 15) is 0 Å². The van der Waals surface area contributed by atoms with Gasteiger partial charge in [0.05, 0.1) is 17.1 Å². The number of oxime groups is 1. The maximum Gasteiger partial charge on any atom is 0.159 e. The van der Waals surface area contributed by atoms with Crippen LogP contribution in [0.2, 0.25) is 0 Å². The van der Waals surface area contributed by atoms with E-state index in [1.54, 1.807) is 7.05 Å². The van der Waals surface area contributed by atoms with Crippen molar-refractivity contribution >= 4 is 11.4 Å². The van der Waals surface area contributed by atoms with E-state index < -0.39 is 0 Å². The fourth-order valence-corrected chi connectivity index (χ4v) is 3.60. The molecule has 0 radical (unpaired) electrons. The number of hydrogen-bond acceptors (Lipinski definition) is 6. The monoisotopic (exact) mass is 413 g/mol. The van der Waals surface area contributed by atoms with Crippen molar-refractivity contribution < 1.29 is 4.84 Å². The fraction of sp³-hybridized carbons (Fsp3) is 0.320. The molecule has 0 amide bonds. The highest BCUT2D eigenvalue weighted by Gasteiger charge is 2.19. The smallest absolute Gasteiger partial charge is 0.159 e. The van der Waals surface area contributed by atoms with Crippen molar-refractivity contribution in [1.82, 2.24) is 15.0 Å². The molecular weight excluding hydrogens is 386 g/mol. The lowest BCUT2D eigenvalue weighted by Gasteiger charge is -2.17. The van der Waals surface area contributed by atoms with Gasteiger partial charge in [-0.15, -0.1) is 0 Å². The van der Waals surface area contributed by atoms with E-state index >= 15 is 0 Å². The molecule has 1 aliphatic rings. The molecule has 0 atom stereocenters. The molecule has 0 spiro atoms.